The lowest BCUT2D eigenvalue weighted by molar-refractivity contribution is -0.152. The van der Waals surface area contributed by atoms with E-state index in [1.165, 1.54) is 0 Å². The van der Waals surface area contributed by atoms with Crippen LogP contribution in [0, 0.1) is 17.8 Å². The topological polar surface area (TPSA) is 336 Å². The Hall–Kier alpha value is -3.90. The molecule has 0 saturated carbocycles. The molecule has 0 radical (unpaired) electrons. The van der Waals surface area contributed by atoms with E-state index < -0.39 is 110 Å². The Morgan fingerprint density at radius 1 is 0.308 bits per heavy atom. The van der Waals surface area contributed by atoms with E-state index in [1.807, 2.05) is 0 Å². The molecular formula is C18H27Cl3O18. The van der Waals surface area contributed by atoms with Crippen LogP contribution >= 0.6 is 37.2 Å². The van der Waals surface area contributed by atoms with E-state index in [4.69, 9.17) is 46.0 Å². The largest absolute Gasteiger partial charge is 0.481 e. The van der Waals surface area contributed by atoms with Gasteiger partial charge in [0.05, 0.1) is 56.3 Å². The molecule has 0 saturated heterocycles. The van der Waals surface area contributed by atoms with Gasteiger partial charge in [0.1, 0.15) is 0 Å². The van der Waals surface area contributed by atoms with Gasteiger partial charge in [0.2, 0.25) is 0 Å². The minimum Gasteiger partial charge on any atom is -0.481 e. The van der Waals surface area contributed by atoms with Crippen molar-refractivity contribution in [1.82, 2.24) is 0 Å². The van der Waals surface area contributed by atoms with Crippen LogP contribution in [0.1, 0.15) is 38.5 Å². The van der Waals surface area contributed by atoms with Crippen LogP contribution in [-0.2, 0) is 43.2 Å². The first kappa shape index (κ1) is 48.2. The fourth-order valence-corrected chi connectivity index (χ4v) is 2.01. The Balaban J connectivity index is -0.000000101. The van der Waals surface area contributed by atoms with Gasteiger partial charge in [0.25, 0.3) is 0 Å². The maximum absolute atomic E-state index is 10.2. The molecule has 0 unspecified atom stereocenters. The first-order valence-corrected chi connectivity index (χ1v) is 9.29. The van der Waals surface area contributed by atoms with Crippen molar-refractivity contribution in [3.05, 3.63) is 0 Å². The Bertz CT molecular complexity index is 701. The standard InChI is InChI=1S/3C6H8O6.3ClH/c3*7-4(8)1-3(6(11)12)2-5(9)10;;;/h3*3H,1-2H2,(H,7,8)(H,9,10)(H,11,12);3*1H. The summed E-state index contributed by atoms with van der Waals surface area (Å²) in [6, 6.07) is 0. The number of carboxylic acid groups (broad SMARTS) is 9. The fraction of sp³-hybridized carbons (Fsp3) is 0.500. The Kier molecular flexibility index (Phi) is 31.8. The van der Waals surface area contributed by atoms with Gasteiger partial charge >= 0.3 is 53.7 Å². The molecule has 21 heteroatoms. The first-order chi connectivity index (χ1) is 16.3. The SMILES string of the molecule is Cl.Cl.Cl.O=C(O)CC(CC(=O)O)C(=O)O.O=C(O)CC(CC(=O)O)C(=O)O.O=C(O)CC(CC(=O)O)C(=O)O. The van der Waals surface area contributed by atoms with Crippen LogP contribution in [0.25, 0.3) is 0 Å². The Morgan fingerprint density at radius 3 is 0.462 bits per heavy atom. The van der Waals surface area contributed by atoms with Crippen molar-refractivity contribution >= 4 is 90.9 Å². The van der Waals surface area contributed by atoms with Gasteiger partial charge in [-0.1, -0.05) is 0 Å². The van der Waals surface area contributed by atoms with Crippen LogP contribution in [0.3, 0.4) is 0 Å². The van der Waals surface area contributed by atoms with E-state index in [9.17, 15) is 43.2 Å². The molecule has 228 valence electrons. The number of carboxylic acids is 9. The molecule has 0 aromatic rings. The number of aliphatic carboxylic acids is 9. The smallest absolute Gasteiger partial charge is 0.307 e. The molecular weight excluding hydrogens is 611 g/mol. The predicted molar refractivity (Wildman–Crippen MR) is 129 cm³/mol. The predicted octanol–water partition coefficient (Wildman–Crippen LogP) is 0.175. The highest BCUT2D eigenvalue weighted by atomic mass is 35.5. The molecule has 9 N–H and O–H groups in total. The minimum atomic E-state index is -1.40. The number of hydrogen-bond acceptors (Lipinski definition) is 9. The summed E-state index contributed by atoms with van der Waals surface area (Å²) in [5, 5.41) is 74.2. The van der Waals surface area contributed by atoms with Gasteiger partial charge < -0.3 is 46.0 Å². The zero-order valence-electron chi connectivity index (χ0n) is 19.4. The molecule has 0 atom stereocenters. The van der Waals surface area contributed by atoms with Gasteiger partial charge in [-0.15, -0.1) is 37.2 Å². The van der Waals surface area contributed by atoms with Gasteiger partial charge in [-0.3, -0.25) is 43.2 Å². The lowest BCUT2D eigenvalue weighted by atomic mass is 10.0. The third-order valence-corrected chi connectivity index (χ3v) is 3.57. The fourth-order valence-electron chi connectivity index (χ4n) is 2.01. The molecule has 0 aromatic heterocycles. The van der Waals surface area contributed by atoms with E-state index in [1.54, 1.807) is 0 Å². The molecule has 39 heavy (non-hydrogen) atoms. The zero-order valence-corrected chi connectivity index (χ0v) is 21.8. The molecule has 0 rings (SSSR count). The highest BCUT2D eigenvalue weighted by Crippen LogP contribution is 2.10. The first-order valence-electron chi connectivity index (χ1n) is 9.29. The molecule has 0 aliphatic rings. The molecule has 0 aliphatic heterocycles. The van der Waals surface area contributed by atoms with Crippen LogP contribution < -0.4 is 0 Å². The second-order valence-corrected chi connectivity index (χ2v) is 6.69. The van der Waals surface area contributed by atoms with E-state index in [0.29, 0.717) is 0 Å². The Labute approximate surface area is 236 Å². The molecule has 0 fully saturated rings. The minimum absolute atomic E-state index is 0. The number of carbonyl (C=O) groups is 9. The van der Waals surface area contributed by atoms with Crippen molar-refractivity contribution < 1.29 is 89.1 Å². The van der Waals surface area contributed by atoms with Gasteiger partial charge in [0.15, 0.2) is 0 Å². The molecule has 0 amide bonds. The van der Waals surface area contributed by atoms with Crippen molar-refractivity contribution in [1.29, 1.82) is 0 Å². The van der Waals surface area contributed by atoms with Crippen molar-refractivity contribution in [3.63, 3.8) is 0 Å². The van der Waals surface area contributed by atoms with Gasteiger partial charge in [-0.25, -0.2) is 0 Å². The normalized spacial score (nSPS) is 9.00. The maximum atomic E-state index is 10.2. The van der Waals surface area contributed by atoms with E-state index in [0.717, 1.165) is 0 Å². The maximum Gasteiger partial charge on any atom is 0.307 e. The van der Waals surface area contributed by atoms with Crippen molar-refractivity contribution in [2.75, 3.05) is 0 Å². The second-order valence-electron chi connectivity index (χ2n) is 6.69. The molecule has 0 aliphatic carbocycles. The van der Waals surface area contributed by atoms with Crippen molar-refractivity contribution in [3.8, 4) is 0 Å². The summed E-state index contributed by atoms with van der Waals surface area (Å²) in [7, 11) is 0. The second kappa shape index (κ2) is 25.7. The van der Waals surface area contributed by atoms with Crippen molar-refractivity contribution in [2.45, 2.75) is 38.5 Å². The molecule has 0 bridgehead atoms. The summed E-state index contributed by atoms with van der Waals surface area (Å²) >= 11 is 0. The van der Waals surface area contributed by atoms with Gasteiger partial charge in [-0.2, -0.15) is 0 Å². The monoisotopic (exact) mass is 636 g/mol. The average Bonchev–Trinajstić information content (AvgIpc) is 2.65. The summed E-state index contributed by atoms with van der Waals surface area (Å²) in [6.07, 6.45) is -3.99. The lowest BCUT2D eigenvalue weighted by Gasteiger charge is -2.04. The van der Waals surface area contributed by atoms with Crippen LogP contribution in [-0.4, -0.2) is 99.7 Å². The molecule has 18 nitrogen and oxygen atoms in total. The van der Waals surface area contributed by atoms with E-state index in [2.05, 4.69) is 0 Å². The highest BCUT2D eigenvalue weighted by molar-refractivity contribution is 5.86. The molecule has 0 aromatic carbocycles. The number of hydrogen-bond donors (Lipinski definition) is 9. The van der Waals surface area contributed by atoms with Gasteiger partial charge in [-0.05, 0) is 0 Å². The lowest BCUT2D eigenvalue weighted by Crippen LogP contribution is -2.20. The van der Waals surface area contributed by atoms with E-state index in [-0.39, 0.29) is 37.2 Å². The molecule has 0 heterocycles. The van der Waals surface area contributed by atoms with Crippen LogP contribution in [0.2, 0.25) is 0 Å². The third-order valence-electron chi connectivity index (χ3n) is 3.57. The summed E-state index contributed by atoms with van der Waals surface area (Å²) in [6.45, 7) is 0. The summed E-state index contributed by atoms with van der Waals surface area (Å²) in [5.74, 6) is -16.1. The third kappa shape index (κ3) is 34.1. The van der Waals surface area contributed by atoms with E-state index >= 15 is 0 Å². The number of halogens is 3. The number of rotatable bonds is 15. The highest BCUT2D eigenvalue weighted by Gasteiger charge is 2.25. The van der Waals surface area contributed by atoms with Crippen LogP contribution in [0.15, 0.2) is 0 Å². The Morgan fingerprint density at radius 2 is 0.410 bits per heavy atom. The van der Waals surface area contributed by atoms with Crippen molar-refractivity contribution in [2.24, 2.45) is 17.8 Å². The summed E-state index contributed by atoms with van der Waals surface area (Å²) < 4.78 is 0. The van der Waals surface area contributed by atoms with Crippen LogP contribution in [0.5, 0.6) is 0 Å². The van der Waals surface area contributed by atoms with Gasteiger partial charge in [0, 0.05) is 0 Å². The van der Waals surface area contributed by atoms with Crippen LogP contribution in [0.4, 0.5) is 0 Å². The molecule has 0 spiro atoms. The summed E-state index contributed by atoms with van der Waals surface area (Å²) in [5.41, 5.74) is 0. The average molecular weight is 638 g/mol. The summed E-state index contributed by atoms with van der Waals surface area (Å²) in [4.78, 5) is 91.0. The zero-order chi connectivity index (χ0) is 29.2. The quantitative estimate of drug-likeness (QED) is 0.115.